The van der Waals surface area contributed by atoms with E-state index in [1.165, 1.54) is 18.6 Å². The van der Waals surface area contributed by atoms with Gasteiger partial charge in [0.25, 0.3) is 5.91 Å². The molecule has 2 heterocycles. The van der Waals surface area contributed by atoms with Crippen molar-refractivity contribution in [2.75, 3.05) is 6.54 Å². The van der Waals surface area contributed by atoms with Gasteiger partial charge in [0, 0.05) is 18.2 Å². The van der Waals surface area contributed by atoms with Gasteiger partial charge in [0.2, 0.25) is 0 Å². The first kappa shape index (κ1) is 13.9. The highest BCUT2D eigenvalue weighted by atomic mass is 19.1. The molecule has 2 aromatic rings. The molecular formula is C17H18FNO2. The molecular weight excluding hydrogens is 269 g/mol. The lowest BCUT2D eigenvalue weighted by Gasteiger charge is -2.32. The van der Waals surface area contributed by atoms with Crippen molar-refractivity contribution in [1.82, 2.24) is 4.90 Å². The second-order valence-electron chi connectivity index (χ2n) is 5.51. The van der Waals surface area contributed by atoms with Crippen LogP contribution in [0.4, 0.5) is 4.39 Å². The molecule has 110 valence electrons. The second-order valence-corrected chi connectivity index (χ2v) is 5.51. The standard InChI is InChI=1S/C17H18FNO2/c1-12-4-2-3-11-19(12)17(20)16-10-9-15(21-16)13-5-7-14(18)8-6-13/h5-10,12H,2-4,11H2,1H3. The van der Waals surface area contributed by atoms with Crippen LogP contribution in [0, 0.1) is 5.82 Å². The van der Waals surface area contributed by atoms with Gasteiger partial charge in [-0.2, -0.15) is 0 Å². The van der Waals surface area contributed by atoms with Crippen molar-refractivity contribution in [1.29, 1.82) is 0 Å². The van der Waals surface area contributed by atoms with Gasteiger partial charge < -0.3 is 9.32 Å². The smallest absolute Gasteiger partial charge is 0.289 e. The number of carbonyl (C=O) groups is 1. The number of piperidine rings is 1. The lowest BCUT2D eigenvalue weighted by Crippen LogP contribution is -2.41. The normalized spacial score (nSPS) is 18.8. The minimum Gasteiger partial charge on any atom is -0.451 e. The summed E-state index contributed by atoms with van der Waals surface area (Å²) in [5.74, 6) is 0.588. The van der Waals surface area contributed by atoms with Gasteiger partial charge in [-0.3, -0.25) is 4.79 Å². The van der Waals surface area contributed by atoms with Gasteiger partial charge in [0.15, 0.2) is 5.76 Å². The first-order valence-corrected chi connectivity index (χ1v) is 7.32. The van der Waals surface area contributed by atoms with Crippen LogP contribution in [0.1, 0.15) is 36.7 Å². The summed E-state index contributed by atoms with van der Waals surface area (Å²) in [5.41, 5.74) is 0.766. The maximum Gasteiger partial charge on any atom is 0.289 e. The number of benzene rings is 1. The van der Waals surface area contributed by atoms with E-state index < -0.39 is 0 Å². The van der Waals surface area contributed by atoms with E-state index in [4.69, 9.17) is 4.42 Å². The predicted molar refractivity (Wildman–Crippen MR) is 78.5 cm³/mol. The highest BCUT2D eigenvalue weighted by molar-refractivity contribution is 5.92. The SMILES string of the molecule is CC1CCCCN1C(=O)c1ccc(-c2ccc(F)cc2)o1. The second kappa shape index (κ2) is 5.72. The molecule has 3 nitrogen and oxygen atoms in total. The Bertz CT molecular complexity index is 632. The van der Waals surface area contributed by atoms with E-state index in [0.717, 1.165) is 24.9 Å². The number of rotatable bonds is 2. The molecule has 4 heteroatoms. The van der Waals surface area contributed by atoms with Crippen LogP contribution >= 0.6 is 0 Å². The molecule has 1 unspecified atom stereocenters. The fraction of sp³-hybridized carbons (Fsp3) is 0.353. The maximum atomic E-state index is 12.9. The van der Waals surface area contributed by atoms with Crippen molar-refractivity contribution in [3.8, 4) is 11.3 Å². The molecule has 1 fully saturated rings. The predicted octanol–water partition coefficient (Wildman–Crippen LogP) is 4.10. The zero-order chi connectivity index (χ0) is 14.8. The third-order valence-corrected chi connectivity index (χ3v) is 4.01. The van der Waals surface area contributed by atoms with E-state index in [0.29, 0.717) is 11.5 Å². The number of hydrogen-bond donors (Lipinski definition) is 0. The van der Waals surface area contributed by atoms with Gasteiger partial charge in [-0.25, -0.2) is 4.39 Å². The van der Waals surface area contributed by atoms with Gasteiger partial charge in [-0.15, -0.1) is 0 Å². The van der Waals surface area contributed by atoms with E-state index in [9.17, 15) is 9.18 Å². The lowest BCUT2D eigenvalue weighted by atomic mass is 10.0. The molecule has 0 bridgehead atoms. The molecule has 1 saturated heterocycles. The summed E-state index contributed by atoms with van der Waals surface area (Å²) in [6.45, 7) is 2.85. The fourth-order valence-corrected chi connectivity index (χ4v) is 2.76. The summed E-state index contributed by atoms with van der Waals surface area (Å²) in [6, 6.07) is 9.76. The summed E-state index contributed by atoms with van der Waals surface area (Å²) in [4.78, 5) is 14.4. The van der Waals surface area contributed by atoms with Crippen LogP contribution in [0.25, 0.3) is 11.3 Å². The number of hydrogen-bond acceptors (Lipinski definition) is 2. The molecule has 0 N–H and O–H groups in total. The van der Waals surface area contributed by atoms with E-state index in [1.54, 1.807) is 24.3 Å². The maximum absolute atomic E-state index is 12.9. The molecule has 0 saturated carbocycles. The van der Waals surface area contributed by atoms with Crippen LogP contribution in [0.3, 0.4) is 0 Å². The molecule has 0 spiro atoms. The quantitative estimate of drug-likeness (QED) is 0.833. The monoisotopic (exact) mass is 287 g/mol. The molecule has 1 aromatic carbocycles. The topological polar surface area (TPSA) is 33.5 Å². The fourth-order valence-electron chi connectivity index (χ4n) is 2.76. The summed E-state index contributed by atoms with van der Waals surface area (Å²) >= 11 is 0. The number of likely N-dealkylation sites (tertiary alicyclic amines) is 1. The van der Waals surface area contributed by atoms with Crippen LogP contribution < -0.4 is 0 Å². The molecule has 21 heavy (non-hydrogen) atoms. The molecule has 1 aliphatic rings. The Balaban J connectivity index is 1.81. The summed E-state index contributed by atoms with van der Waals surface area (Å²) in [6.07, 6.45) is 3.25. The van der Waals surface area contributed by atoms with Crippen molar-refractivity contribution >= 4 is 5.91 Å². The van der Waals surface area contributed by atoms with Gasteiger partial charge >= 0.3 is 0 Å². The number of amides is 1. The minimum atomic E-state index is -0.288. The molecule has 3 rings (SSSR count). The molecule has 1 aromatic heterocycles. The van der Waals surface area contributed by atoms with Crippen LogP contribution in [0.5, 0.6) is 0 Å². The zero-order valence-corrected chi connectivity index (χ0v) is 12.0. The van der Waals surface area contributed by atoms with Crippen molar-refractivity contribution in [3.63, 3.8) is 0 Å². The number of nitrogens with zero attached hydrogens (tertiary/aromatic N) is 1. The third kappa shape index (κ3) is 2.84. The Labute approximate surface area is 123 Å². The van der Waals surface area contributed by atoms with Gasteiger partial charge in [0.1, 0.15) is 11.6 Å². The highest BCUT2D eigenvalue weighted by Gasteiger charge is 2.26. The first-order chi connectivity index (χ1) is 10.1. The third-order valence-electron chi connectivity index (χ3n) is 4.01. The Morgan fingerprint density at radius 3 is 2.67 bits per heavy atom. The summed E-state index contributed by atoms with van der Waals surface area (Å²) < 4.78 is 18.6. The van der Waals surface area contributed by atoms with E-state index in [2.05, 4.69) is 6.92 Å². The van der Waals surface area contributed by atoms with Crippen LogP contribution in [-0.2, 0) is 0 Å². The van der Waals surface area contributed by atoms with Gasteiger partial charge in [0.05, 0.1) is 0 Å². The van der Waals surface area contributed by atoms with Gasteiger partial charge in [-0.1, -0.05) is 0 Å². The molecule has 0 aliphatic carbocycles. The summed E-state index contributed by atoms with van der Waals surface area (Å²) in [7, 11) is 0. The Hall–Kier alpha value is -2.10. The summed E-state index contributed by atoms with van der Waals surface area (Å²) in [5, 5.41) is 0. The van der Waals surface area contributed by atoms with Crippen molar-refractivity contribution in [2.24, 2.45) is 0 Å². The van der Waals surface area contributed by atoms with Gasteiger partial charge in [-0.05, 0) is 62.6 Å². The van der Waals surface area contributed by atoms with E-state index >= 15 is 0 Å². The van der Waals surface area contributed by atoms with Crippen LogP contribution in [0.2, 0.25) is 0 Å². The van der Waals surface area contributed by atoms with Crippen LogP contribution in [-0.4, -0.2) is 23.4 Å². The zero-order valence-electron chi connectivity index (χ0n) is 12.0. The minimum absolute atomic E-state index is 0.0597. The highest BCUT2D eigenvalue weighted by Crippen LogP contribution is 2.25. The van der Waals surface area contributed by atoms with Crippen LogP contribution in [0.15, 0.2) is 40.8 Å². The van der Waals surface area contributed by atoms with Crippen molar-refractivity contribution in [2.45, 2.75) is 32.2 Å². The number of furan rings is 1. The Kier molecular flexibility index (Phi) is 3.78. The first-order valence-electron chi connectivity index (χ1n) is 7.32. The largest absolute Gasteiger partial charge is 0.451 e. The van der Waals surface area contributed by atoms with Crippen molar-refractivity contribution in [3.05, 3.63) is 48.0 Å². The Morgan fingerprint density at radius 2 is 1.95 bits per heavy atom. The van der Waals surface area contributed by atoms with E-state index in [1.807, 2.05) is 4.90 Å². The molecule has 1 amide bonds. The molecule has 0 radical (unpaired) electrons. The molecule has 1 atom stereocenters. The average Bonchev–Trinajstić information content (AvgIpc) is 2.98. The molecule has 1 aliphatic heterocycles. The Morgan fingerprint density at radius 1 is 1.19 bits per heavy atom. The lowest BCUT2D eigenvalue weighted by molar-refractivity contribution is 0.0604. The van der Waals surface area contributed by atoms with Crippen molar-refractivity contribution < 1.29 is 13.6 Å². The number of carbonyl (C=O) groups excluding carboxylic acids is 1. The average molecular weight is 287 g/mol. The number of halogens is 1. The van der Waals surface area contributed by atoms with E-state index in [-0.39, 0.29) is 17.8 Å².